The molecule has 2 aromatic heterocycles. The average molecular weight is 849 g/mol. The predicted octanol–water partition coefficient (Wildman–Crippen LogP) is 6.99. The molecule has 2 aliphatic heterocycles. The largest absolute Gasteiger partial charge is 0.462 e. The fourth-order valence-corrected chi connectivity index (χ4v) is 12.1. The van der Waals surface area contributed by atoms with Crippen LogP contribution in [0.1, 0.15) is 107 Å². The summed E-state index contributed by atoms with van der Waals surface area (Å²) in [6.45, 7) is 4.32. The van der Waals surface area contributed by atoms with Gasteiger partial charge in [-0.25, -0.2) is 9.59 Å². The fourth-order valence-electron chi connectivity index (χ4n) is 6.78. The molecule has 0 aromatic carbocycles. The van der Waals surface area contributed by atoms with E-state index < -0.39 is 23.8 Å². The number of hydrogen-bond donors (Lipinski definition) is 2. The Hall–Kier alpha value is -3.16. The zero-order valence-electron chi connectivity index (χ0n) is 29.9. The first kappa shape index (κ1) is 40.5. The molecule has 0 bridgehead atoms. The number of nitrogens with zero attached hydrogens (tertiary/aromatic N) is 2. The van der Waals surface area contributed by atoms with Gasteiger partial charge in [0.05, 0.1) is 34.2 Å². The van der Waals surface area contributed by atoms with Crippen LogP contribution in [-0.2, 0) is 54.3 Å². The number of fused-ring (bicyclic) bond motifs is 2. The van der Waals surface area contributed by atoms with Gasteiger partial charge in [-0.15, -0.1) is 22.7 Å². The number of carbonyl (C=O) groups is 6. The van der Waals surface area contributed by atoms with Gasteiger partial charge >= 0.3 is 11.9 Å². The quantitative estimate of drug-likeness (QED) is 0.115. The van der Waals surface area contributed by atoms with E-state index in [0.717, 1.165) is 95.8 Å². The Bertz CT molecular complexity index is 1810. The van der Waals surface area contributed by atoms with Crippen LogP contribution in [-0.4, -0.2) is 80.3 Å². The average Bonchev–Trinajstić information content (AvgIpc) is 3.85. The summed E-state index contributed by atoms with van der Waals surface area (Å²) in [7, 11) is 0. The lowest BCUT2D eigenvalue weighted by Gasteiger charge is -2.15. The Morgan fingerprint density at radius 2 is 1.04 bits per heavy atom. The number of rotatable bonds is 14. The Labute approximate surface area is 340 Å². The Balaban J connectivity index is 1.01. The molecule has 12 nitrogen and oxygen atoms in total. The minimum atomic E-state index is -0.432. The number of esters is 2. The summed E-state index contributed by atoms with van der Waals surface area (Å²) in [4.78, 5) is 83.9. The number of thiophene rings is 2. The van der Waals surface area contributed by atoms with Crippen molar-refractivity contribution in [1.29, 1.82) is 0 Å². The van der Waals surface area contributed by atoms with Crippen molar-refractivity contribution < 1.29 is 38.2 Å². The maximum Gasteiger partial charge on any atom is 0.341 e. The smallest absolute Gasteiger partial charge is 0.341 e. The molecular formula is C36H40N4O8S6. The van der Waals surface area contributed by atoms with Gasteiger partial charge in [0.25, 0.3) is 11.8 Å². The molecule has 0 atom stereocenters. The molecule has 4 aliphatic rings. The van der Waals surface area contributed by atoms with Gasteiger partial charge in [0.1, 0.15) is 18.6 Å². The standard InChI is InChI=1S/C36H40N4O8S6/c1-3-47-33(45)25-19-11-5-7-13-21(19)51-29(25)37-23(41)15-9-17-39-31(43)27(53-35(39)49)28-32(44)40(36(50)54-28)18-10-16-24(42)38-30-26(34(46)48-4-2)20-12-6-8-14-22(20)52-30/h3-18H2,1-2H3,(H,37,41)(H,38,42)/b28-27+. The second-order valence-corrected chi connectivity index (χ2v) is 18.4. The van der Waals surface area contributed by atoms with E-state index in [2.05, 4.69) is 10.6 Å². The lowest BCUT2D eigenvalue weighted by molar-refractivity contribution is -0.124. The van der Waals surface area contributed by atoms with Crippen LogP contribution < -0.4 is 10.6 Å². The second kappa shape index (κ2) is 18.2. The van der Waals surface area contributed by atoms with Crippen molar-refractivity contribution in [1.82, 2.24) is 9.80 Å². The van der Waals surface area contributed by atoms with Crippen LogP contribution >= 0.6 is 70.6 Å². The minimum Gasteiger partial charge on any atom is -0.462 e. The molecule has 4 amide bonds. The van der Waals surface area contributed by atoms with Gasteiger partial charge in [0.2, 0.25) is 11.8 Å². The van der Waals surface area contributed by atoms with E-state index >= 15 is 0 Å². The third-order valence-electron chi connectivity index (χ3n) is 9.28. The van der Waals surface area contributed by atoms with Gasteiger partial charge in [-0.05, 0) is 89.2 Å². The molecule has 2 aromatic rings. The van der Waals surface area contributed by atoms with Gasteiger partial charge in [0, 0.05) is 35.7 Å². The summed E-state index contributed by atoms with van der Waals surface area (Å²) in [6.07, 6.45) is 8.12. The van der Waals surface area contributed by atoms with Gasteiger partial charge in [-0.2, -0.15) is 0 Å². The molecule has 288 valence electrons. The molecule has 0 saturated carbocycles. The molecule has 2 saturated heterocycles. The summed E-state index contributed by atoms with van der Waals surface area (Å²) < 4.78 is 11.1. The van der Waals surface area contributed by atoms with Crippen LogP contribution in [0.25, 0.3) is 0 Å². The lowest BCUT2D eigenvalue weighted by atomic mass is 9.95. The van der Waals surface area contributed by atoms with Crippen molar-refractivity contribution in [2.45, 2.75) is 90.9 Å². The van der Waals surface area contributed by atoms with Crippen LogP contribution in [0.15, 0.2) is 9.81 Å². The van der Waals surface area contributed by atoms with Gasteiger partial charge in [-0.3, -0.25) is 29.0 Å². The summed E-state index contributed by atoms with van der Waals surface area (Å²) in [5.74, 6) is -2.27. The Morgan fingerprint density at radius 1 is 0.648 bits per heavy atom. The molecule has 18 heteroatoms. The van der Waals surface area contributed by atoms with Gasteiger partial charge in [-0.1, -0.05) is 48.0 Å². The van der Waals surface area contributed by atoms with Crippen molar-refractivity contribution >= 4 is 125 Å². The van der Waals surface area contributed by atoms with Crippen LogP contribution in [0.5, 0.6) is 0 Å². The zero-order valence-corrected chi connectivity index (χ0v) is 34.8. The maximum absolute atomic E-state index is 13.5. The first-order valence-electron chi connectivity index (χ1n) is 18.1. The Morgan fingerprint density at radius 3 is 1.43 bits per heavy atom. The molecule has 0 spiro atoms. The number of nitrogens with one attached hydrogen (secondary N) is 2. The number of thiocarbonyl (C=S) groups is 2. The van der Waals surface area contributed by atoms with Crippen LogP contribution in [0.2, 0.25) is 0 Å². The fraction of sp³-hybridized carbons (Fsp3) is 0.500. The molecule has 4 heterocycles. The van der Waals surface area contributed by atoms with Crippen molar-refractivity contribution in [3.05, 3.63) is 41.8 Å². The molecule has 6 rings (SSSR count). The first-order chi connectivity index (χ1) is 26.0. The molecule has 2 fully saturated rings. The van der Waals surface area contributed by atoms with E-state index in [-0.39, 0.29) is 69.4 Å². The Kier molecular flexibility index (Phi) is 13.6. The number of aryl methyl sites for hydroxylation is 2. The first-order valence-corrected chi connectivity index (χ1v) is 22.1. The molecule has 2 N–H and O–H groups in total. The van der Waals surface area contributed by atoms with E-state index in [1.807, 2.05) is 0 Å². The number of amides is 4. The van der Waals surface area contributed by atoms with Crippen molar-refractivity contribution in [2.75, 3.05) is 36.9 Å². The lowest BCUT2D eigenvalue weighted by Crippen LogP contribution is -2.31. The second-order valence-electron chi connectivity index (χ2n) is 12.9. The third-order valence-corrected chi connectivity index (χ3v) is 14.7. The van der Waals surface area contributed by atoms with E-state index in [0.29, 0.717) is 34.0 Å². The van der Waals surface area contributed by atoms with E-state index in [4.69, 9.17) is 33.9 Å². The number of anilines is 2. The van der Waals surface area contributed by atoms with E-state index in [9.17, 15) is 28.8 Å². The number of ether oxygens (including phenoxy) is 2. The number of hydrogen-bond acceptors (Lipinski definition) is 14. The highest BCUT2D eigenvalue weighted by Gasteiger charge is 2.42. The number of thioether (sulfide) groups is 2. The number of carbonyl (C=O) groups excluding carboxylic acids is 6. The molecule has 0 unspecified atom stereocenters. The molecule has 2 aliphatic carbocycles. The van der Waals surface area contributed by atoms with Gasteiger partial charge < -0.3 is 20.1 Å². The summed E-state index contributed by atoms with van der Waals surface area (Å²) in [6, 6.07) is 0. The highest BCUT2D eigenvalue weighted by molar-refractivity contribution is 8.29. The highest BCUT2D eigenvalue weighted by atomic mass is 32.2. The van der Waals surface area contributed by atoms with Crippen molar-refractivity contribution in [3.63, 3.8) is 0 Å². The minimum absolute atomic E-state index is 0.0892. The highest BCUT2D eigenvalue weighted by Crippen LogP contribution is 2.43. The molecule has 54 heavy (non-hydrogen) atoms. The van der Waals surface area contributed by atoms with Crippen molar-refractivity contribution in [2.24, 2.45) is 0 Å². The SMILES string of the molecule is CCOC(=O)c1c(NC(=O)CCCN2C(=O)/C(=C3\SC(=S)N(CCCC(=O)Nc4sc5c(c4C(=O)OCC)CCCC5)C3=O)SC2=S)sc2c1CCCC2. The molecular weight excluding hydrogens is 809 g/mol. The zero-order chi connectivity index (χ0) is 38.5. The van der Waals surface area contributed by atoms with Gasteiger partial charge in [0.15, 0.2) is 0 Å². The summed E-state index contributed by atoms with van der Waals surface area (Å²) in [5, 5.41) is 6.80. The topological polar surface area (TPSA) is 151 Å². The monoisotopic (exact) mass is 848 g/mol. The normalized spacial score (nSPS) is 18.2. The van der Waals surface area contributed by atoms with Crippen molar-refractivity contribution in [3.8, 4) is 0 Å². The molecule has 0 radical (unpaired) electrons. The summed E-state index contributed by atoms with van der Waals surface area (Å²) >= 11 is 15.9. The third kappa shape index (κ3) is 8.78. The maximum atomic E-state index is 13.5. The van der Waals surface area contributed by atoms with Crippen LogP contribution in [0.4, 0.5) is 10.0 Å². The predicted molar refractivity (Wildman–Crippen MR) is 220 cm³/mol. The van der Waals surface area contributed by atoms with E-state index in [1.165, 1.54) is 32.5 Å². The summed E-state index contributed by atoms with van der Waals surface area (Å²) in [5.41, 5.74) is 2.82. The van der Waals surface area contributed by atoms with Crippen LogP contribution in [0.3, 0.4) is 0 Å². The van der Waals surface area contributed by atoms with E-state index in [1.54, 1.807) is 13.8 Å². The van der Waals surface area contributed by atoms with Crippen LogP contribution in [0, 0.1) is 0 Å².